The van der Waals surface area contributed by atoms with Crippen molar-refractivity contribution in [1.29, 1.82) is 0 Å². The summed E-state index contributed by atoms with van der Waals surface area (Å²) in [5, 5.41) is 12.0. The molecule has 1 saturated carbocycles. The fourth-order valence-corrected chi connectivity index (χ4v) is 2.82. The molecule has 1 fully saturated rings. The quantitative estimate of drug-likeness (QED) is 0.781. The average Bonchev–Trinajstić information content (AvgIpc) is 2.33. The van der Waals surface area contributed by atoms with Crippen molar-refractivity contribution in [3.8, 4) is 0 Å². The highest BCUT2D eigenvalue weighted by molar-refractivity contribution is 4.87. The SMILES string of the molecule is CC(C)(CCCO)CNC1CCCCC1C(F)(F)F. The van der Waals surface area contributed by atoms with Gasteiger partial charge in [-0.2, -0.15) is 13.2 Å². The van der Waals surface area contributed by atoms with Crippen LogP contribution >= 0.6 is 0 Å². The fraction of sp³-hybridized carbons (Fsp3) is 1.00. The van der Waals surface area contributed by atoms with Crippen LogP contribution in [0, 0.1) is 11.3 Å². The molecule has 2 atom stereocenters. The molecule has 0 saturated heterocycles. The predicted molar refractivity (Wildman–Crippen MR) is 69.9 cm³/mol. The first-order valence-corrected chi connectivity index (χ1v) is 7.17. The minimum Gasteiger partial charge on any atom is -0.396 e. The Morgan fingerprint density at radius 2 is 1.79 bits per heavy atom. The highest BCUT2D eigenvalue weighted by Gasteiger charge is 2.45. The molecule has 0 radical (unpaired) electrons. The summed E-state index contributed by atoms with van der Waals surface area (Å²) in [5.41, 5.74) is -0.0731. The molecule has 0 aliphatic heterocycles. The molecule has 1 aliphatic carbocycles. The molecule has 5 heteroatoms. The highest BCUT2D eigenvalue weighted by Crippen LogP contribution is 2.38. The Morgan fingerprint density at radius 1 is 1.16 bits per heavy atom. The van der Waals surface area contributed by atoms with Crippen molar-refractivity contribution in [2.45, 2.75) is 64.6 Å². The second-order valence-corrected chi connectivity index (χ2v) is 6.41. The molecule has 19 heavy (non-hydrogen) atoms. The molecule has 0 spiro atoms. The van der Waals surface area contributed by atoms with E-state index in [4.69, 9.17) is 5.11 Å². The summed E-state index contributed by atoms with van der Waals surface area (Å²) in [7, 11) is 0. The van der Waals surface area contributed by atoms with Crippen LogP contribution in [0.15, 0.2) is 0 Å². The van der Waals surface area contributed by atoms with Crippen molar-refractivity contribution in [1.82, 2.24) is 5.32 Å². The molecule has 0 aromatic carbocycles. The second kappa shape index (κ2) is 6.93. The van der Waals surface area contributed by atoms with E-state index in [-0.39, 0.29) is 18.4 Å². The van der Waals surface area contributed by atoms with Gasteiger partial charge in [0, 0.05) is 19.2 Å². The summed E-state index contributed by atoms with van der Waals surface area (Å²) in [4.78, 5) is 0. The monoisotopic (exact) mass is 281 g/mol. The molecule has 1 rings (SSSR count). The maximum absolute atomic E-state index is 12.9. The third-order valence-corrected chi connectivity index (χ3v) is 4.04. The van der Waals surface area contributed by atoms with Gasteiger partial charge >= 0.3 is 6.18 Å². The second-order valence-electron chi connectivity index (χ2n) is 6.41. The van der Waals surface area contributed by atoms with Crippen LogP contribution in [-0.4, -0.2) is 30.5 Å². The lowest BCUT2D eigenvalue weighted by molar-refractivity contribution is -0.189. The van der Waals surface area contributed by atoms with E-state index < -0.39 is 18.1 Å². The number of rotatable bonds is 6. The van der Waals surface area contributed by atoms with E-state index in [2.05, 4.69) is 5.32 Å². The number of halogens is 3. The van der Waals surface area contributed by atoms with Gasteiger partial charge in [-0.25, -0.2) is 0 Å². The summed E-state index contributed by atoms with van der Waals surface area (Å²) < 4.78 is 38.8. The van der Waals surface area contributed by atoms with Crippen LogP contribution in [0.25, 0.3) is 0 Å². The maximum Gasteiger partial charge on any atom is 0.393 e. The van der Waals surface area contributed by atoms with Crippen molar-refractivity contribution in [3.05, 3.63) is 0 Å². The van der Waals surface area contributed by atoms with Gasteiger partial charge in [0.05, 0.1) is 5.92 Å². The molecule has 2 unspecified atom stereocenters. The van der Waals surface area contributed by atoms with Crippen molar-refractivity contribution in [2.75, 3.05) is 13.2 Å². The molecule has 0 heterocycles. The van der Waals surface area contributed by atoms with Gasteiger partial charge in [-0.1, -0.05) is 26.7 Å². The molecule has 0 amide bonds. The van der Waals surface area contributed by atoms with Crippen LogP contribution in [0.3, 0.4) is 0 Å². The Kier molecular flexibility index (Phi) is 6.12. The minimum absolute atomic E-state index is 0.0731. The van der Waals surface area contributed by atoms with E-state index in [0.717, 1.165) is 12.8 Å². The number of hydrogen-bond acceptors (Lipinski definition) is 2. The Hall–Kier alpha value is -0.290. The third kappa shape index (κ3) is 5.69. The van der Waals surface area contributed by atoms with Crippen LogP contribution in [-0.2, 0) is 0 Å². The molecule has 114 valence electrons. The van der Waals surface area contributed by atoms with Gasteiger partial charge < -0.3 is 10.4 Å². The Morgan fingerprint density at radius 3 is 2.37 bits per heavy atom. The number of hydrogen-bond donors (Lipinski definition) is 2. The number of alkyl halides is 3. The number of aliphatic hydroxyl groups is 1. The lowest BCUT2D eigenvalue weighted by Crippen LogP contribution is -2.48. The summed E-state index contributed by atoms with van der Waals surface area (Å²) >= 11 is 0. The molecule has 0 aromatic rings. The predicted octanol–water partition coefficient (Wildman–Crippen LogP) is 3.50. The molecular weight excluding hydrogens is 255 g/mol. The lowest BCUT2D eigenvalue weighted by atomic mass is 9.82. The average molecular weight is 281 g/mol. The van der Waals surface area contributed by atoms with Gasteiger partial charge in [-0.05, 0) is 31.1 Å². The smallest absolute Gasteiger partial charge is 0.393 e. The van der Waals surface area contributed by atoms with Crippen molar-refractivity contribution in [2.24, 2.45) is 11.3 Å². The van der Waals surface area contributed by atoms with Gasteiger partial charge in [-0.15, -0.1) is 0 Å². The first kappa shape index (κ1) is 16.8. The van der Waals surface area contributed by atoms with E-state index in [1.807, 2.05) is 13.8 Å². The first-order chi connectivity index (χ1) is 8.76. The van der Waals surface area contributed by atoms with E-state index in [1.165, 1.54) is 0 Å². The molecule has 0 bridgehead atoms. The molecular formula is C14H26F3NO. The maximum atomic E-state index is 12.9. The first-order valence-electron chi connectivity index (χ1n) is 7.17. The Labute approximate surface area is 113 Å². The summed E-state index contributed by atoms with van der Waals surface area (Å²) in [6, 6.07) is -0.442. The zero-order chi connectivity index (χ0) is 14.5. The van der Waals surface area contributed by atoms with E-state index >= 15 is 0 Å². The van der Waals surface area contributed by atoms with Crippen LogP contribution in [0.2, 0.25) is 0 Å². The zero-order valence-electron chi connectivity index (χ0n) is 11.9. The van der Waals surface area contributed by atoms with E-state index in [9.17, 15) is 13.2 Å². The van der Waals surface area contributed by atoms with Gasteiger partial charge in [0.25, 0.3) is 0 Å². The van der Waals surface area contributed by atoms with Crippen LogP contribution in [0.5, 0.6) is 0 Å². The summed E-state index contributed by atoms with van der Waals surface area (Å²) in [5.74, 6) is -1.20. The fourth-order valence-electron chi connectivity index (χ4n) is 2.82. The standard InChI is InChI=1S/C14H26F3NO/c1-13(2,8-5-9-19)10-18-12-7-4-3-6-11(12)14(15,16)17/h11-12,18-19H,3-10H2,1-2H3. The topological polar surface area (TPSA) is 32.3 Å². The highest BCUT2D eigenvalue weighted by atomic mass is 19.4. The minimum atomic E-state index is -4.09. The van der Waals surface area contributed by atoms with E-state index in [1.54, 1.807) is 0 Å². The van der Waals surface area contributed by atoms with Gasteiger partial charge in [0.1, 0.15) is 0 Å². The summed E-state index contributed by atoms with van der Waals surface area (Å²) in [6.07, 6.45) is -0.161. The molecule has 0 aromatic heterocycles. The third-order valence-electron chi connectivity index (χ3n) is 4.04. The van der Waals surface area contributed by atoms with Crippen LogP contribution in [0.1, 0.15) is 52.4 Å². The van der Waals surface area contributed by atoms with Crippen molar-refractivity contribution < 1.29 is 18.3 Å². The zero-order valence-corrected chi connectivity index (χ0v) is 11.9. The number of aliphatic hydroxyl groups excluding tert-OH is 1. The van der Waals surface area contributed by atoms with Gasteiger partial charge in [-0.3, -0.25) is 0 Å². The van der Waals surface area contributed by atoms with Crippen molar-refractivity contribution >= 4 is 0 Å². The Balaban J connectivity index is 2.49. The molecule has 2 N–H and O–H groups in total. The van der Waals surface area contributed by atoms with Crippen LogP contribution < -0.4 is 5.32 Å². The normalized spacial score (nSPS) is 25.6. The molecule has 1 aliphatic rings. The van der Waals surface area contributed by atoms with Crippen LogP contribution in [0.4, 0.5) is 13.2 Å². The molecule has 2 nitrogen and oxygen atoms in total. The van der Waals surface area contributed by atoms with E-state index in [0.29, 0.717) is 25.8 Å². The Bertz CT molecular complexity index is 266. The number of nitrogens with one attached hydrogen (secondary N) is 1. The van der Waals surface area contributed by atoms with Gasteiger partial charge in [0.2, 0.25) is 0 Å². The van der Waals surface area contributed by atoms with Gasteiger partial charge in [0.15, 0.2) is 0 Å². The largest absolute Gasteiger partial charge is 0.396 e. The van der Waals surface area contributed by atoms with Crippen molar-refractivity contribution in [3.63, 3.8) is 0 Å². The lowest BCUT2D eigenvalue weighted by Gasteiger charge is -2.36. The summed E-state index contributed by atoms with van der Waals surface area (Å²) in [6.45, 7) is 4.77.